The molecule has 1 aliphatic rings. The molecule has 3 unspecified atom stereocenters. The smallest absolute Gasteiger partial charge is 0.0929 e. The summed E-state index contributed by atoms with van der Waals surface area (Å²) in [6.07, 6.45) is 3.74. The summed E-state index contributed by atoms with van der Waals surface area (Å²) < 4.78 is 0. The molecule has 1 aromatic rings. The van der Waals surface area contributed by atoms with Crippen molar-refractivity contribution in [2.45, 2.75) is 37.8 Å². The second-order valence-electron chi connectivity index (χ2n) is 5.42. The molecule has 20 heavy (non-hydrogen) atoms. The minimum absolute atomic E-state index is 0.200. The first kappa shape index (κ1) is 16.1. The van der Waals surface area contributed by atoms with Crippen LogP contribution in [0.4, 0.5) is 0 Å². The Balaban J connectivity index is 1.94. The maximum Gasteiger partial charge on any atom is 0.0929 e. The van der Waals surface area contributed by atoms with Gasteiger partial charge in [0.15, 0.2) is 0 Å². The van der Waals surface area contributed by atoms with Gasteiger partial charge < -0.3 is 15.5 Å². The summed E-state index contributed by atoms with van der Waals surface area (Å²) in [4.78, 5) is 0. The molecular weight excluding hydrogens is 297 g/mol. The van der Waals surface area contributed by atoms with Gasteiger partial charge in [-0.2, -0.15) is 0 Å². The molecule has 3 atom stereocenters. The van der Waals surface area contributed by atoms with Crippen LogP contribution >= 0.6 is 23.2 Å². The van der Waals surface area contributed by atoms with E-state index in [1.54, 1.807) is 18.2 Å². The summed E-state index contributed by atoms with van der Waals surface area (Å²) in [7, 11) is 0. The standard InChI is InChI=1S/C15H21Cl2NO2/c16-11-5-6-13(17)12(7-11)15(20)8-18-14-4-2-1-3-10(14)9-19/h5-7,10,14-15,18-20H,1-4,8-9H2. The molecule has 1 saturated carbocycles. The third-order valence-corrected chi connectivity index (χ3v) is 4.61. The van der Waals surface area contributed by atoms with E-state index in [4.69, 9.17) is 23.2 Å². The van der Waals surface area contributed by atoms with Gasteiger partial charge in [-0.3, -0.25) is 0 Å². The fourth-order valence-electron chi connectivity index (χ4n) is 2.84. The van der Waals surface area contributed by atoms with E-state index in [-0.39, 0.29) is 18.6 Å². The van der Waals surface area contributed by atoms with Crippen molar-refractivity contribution < 1.29 is 10.2 Å². The fourth-order valence-corrected chi connectivity index (χ4v) is 3.26. The molecule has 3 nitrogen and oxygen atoms in total. The first-order valence-electron chi connectivity index (χ1n) is 7.09. The summed E-state index contributed by atoms with van der Waals surface area (Å²) in [6, 6.07) is 5.36. The van der Waals surface area contributed by atoms with Gasteiger partial charge in [0.05, 0.1) is 6.10 Å². The molecule has 0 radical (unpaired) electrons. The molecule has 0 amide bonds. The van der Waals surface area contributed by atoms with E-state index < -0.39 is 6.10 Å². The van der Waals surface area contributed by atoms with Crippen molar-refractivity contribution >= 4 is 23.2 Å². The number of benzene rings is 1. The highest BCUT2D eigenvalue weighted by molar-refractivity contribution is 6.33. The molecule has 0 saturated heterocycles. The lowest BCUT2D eigenvalue weighted by molar-refractivity contribution is 0.127. The third kappa shape index (κ3) is 4.09. The SMILES string of the molecule is OCC1CCCCC1NCC(O)c1cc(Cl)ccc1Cl. The maximum atomic E-state index is 10.2. The second-order valence-corrected chi connectivity index (χ2v) is 6.27. The number of aliphatic hydroxyl groups excluding tert-OH is 2. The van der Waals surface area contributed by atoms with Crippen molar-refractivity contribution in [3.63, 3.8) is 0 Å². The molecule has 1 aromatic carbocycles. The molecule has 112 valence electrons. The Morgan fingerprint density at radius 3 is 2.75 bits per heavy atom. The molecule has 0 bridgehead atoms. The number of rotatable bonds is 5. The predicted molar refractivity (Wildman–Crippen MR) is 82.3 cm³/mol. The van der Waals surface area contributed by atoms with Crippen molar-refractivity contribution in [3.05, 3.63) is 33.8 Å². The van der Waals surface area contributed by atoms with Gasteiger partial charge in [0.2, 0.25) is 0 Å². The molecule has 0 spiro atoms. The minimum atomic E-state index is -0.692. The van der Waals surface area contributed by atoms with E-state index in [2.05, 4.69) is 5.32 Å². The van der Waals surface area contributed by atoms with Gasteiger partial charge in [-0.05, 0) is 37.0 Å². The van der Waals surface area contributed by atoms with E-state index in [1.807, 2.05) is 0 Å². The molecule has 0 aliphatic heterocycles. The Labute approximate surface area is 129 Å². The predicted octanol–water partition coefficient (Wildman–Crippen LogP) is 3.17. The van der Waals surface area contributed by atoms with Crippen LogP contribution in [0.15, 0.2) is 18.2 Å². The molecule has 1 fully saturated rings. The van der Waals surface area contributed by atoms with Gasteiger partial charge in [0.25, 0.3) is 0 Å². The molecule has 3 N–H and O–H groups in total. The average Bonchev–Trinajstić information content (AvgIpc) is 2.47. The summed E-state index contributed by atoms with van der Waals surface area (Å²) in [5.74, 6) is 0.283. The molecule has 1 aliphatic carbocycles. The lowest BCUT2D eigenvalue weighted by atomic mass is 9.85. The largest absolute Gasteiger partial charge is 0.396 e. The summed E-state index contributed by atoms with van der Waals surface area (Å²) in [5, 5.41) is 24.1. The van der Waals surface area contributed by atoms with Crippen LogP contribution in [0, 0.1) is 5.92 Å². The van der Waals surface area contributed by atoms with Crippen molar-refractivity contribution in [1.82, 2.24) is 5.32 Å². The molecular formula is C15H21Cl2NO2. The normalized spacial score (nSPS) is 24.6. The average molecular weight is 318 g/mol. The first-order chi connectivity index (χ1) is 9.61. The minimum Gasteiger partial charge on any atom is -0.396 e. The van der Waals surface area contributed by atoms with Crippen molar-refractivity contribution in [2.75, 3.05) is 13.2 Å². The van der Waals surface area contributed by atoms with Crippen LogP contribution in [0.5, 0.6) is 0 Å². The zero-order valence-electron chi connectivity index (χ0n) is 11.4. The summed E-state index contributed by atoms with van der Waals surface area (Å²) in [6.45, 7) is 0.618. The van der Waals surface area contributed by atoms with E-state index >= 15 is 0 Å². The molecule has 0 heterocycles. The molecule has 0 aromatic heterocycles. The lowest BCUT2D eigenvalue weighted by Gasteiger charge is -2.31. The van der Waals surface area contributed by atoms with Gasteiger partial charge in [0.1, 0.15) is 0 Å². The highest BCUT2D eigenvalue weighted by atomic mass is 35.5. The maximum absolute atomic E-state index is 10.2. The van der Waals surface area contributed by atoms with Gasteiger partial charge in [-0.25, -0.2) is 0 Å². The second kappa shape index (κ2) is 7.62. The number of hydrogen-bond donors (Lipinski definition) is 3. The van der Waals surface area contributed by atoms with Crippen LogP contribution in [0.25, 0.3) is 0 Å². The Kier molecular flexibility index (Phi) is 6.12. The Morgan fingerprint density at radius 2 is 2.00 bits per heavy atom. The Bertz CT molecular complexity index is 442. The van der Waals surface area contributed by atoms with Crippen molar-refractivity contribution in [2.24, 2.45) is 5.92 Å². The first-order valence-corrected chi connectivity index (χ1v) is 7.84. The lowest BCUT2D eigenvalue weighted by Crippen LogP contribution is -2.42. The van der Waals surface area contributed by atoms with E-state index in [9.17, 15) is 10.2 Å². The van der Waals surface area contributed by atoms with Crippen LogP contribution in [0.3, 0.4) is 0 Å². The van der Waals surface area contributed by atoms with Crippen LogP contribution < -0.4 is 5.32 Å². The molecule has 5 heteroatoms. The summed E-state index contributed by atoms with van der Waals surface area (Å²) >= 11 is 12.0. The topological polar surface area (TPSA) is 52.5 Å². The van der Waals surface area contributed by atoms with Crippen LogP contribution in [0.2, 0.25) is 10.0 Å². The fraction of sp³-hybridized carbons (Fsp3) is 0.600. The summed E-state index contributed by atoms with van der Waals surface area (Å²) in [5.41, 5.74) is 0.642. The van der Waals surface area contributed by atoms with Crippen LogP contribution in [-0.2, 0) is 0 Å². The van der Waals surface area contributed by atoms with Gasteiger partial charge in [0, 0.05) is 34.8 Å². The monoisotopic (exact) mass is 317 g/mol. The van der Waals surface area contributed by atoms with Gasteiger partial charge >= 0.3 is 0 Å². The van der Waals surface area contributed by atoms with Crippen molar-refractivity contribution in [1.29, 1.82) is 0 Å². The van der Waals surface area contributed by atoms with E-state index in [0.29, 0.717) is 22.2 Å². The highest BCUT2D eigenvalue weighted by Gasteiger charge is 2.25. The van der Waals surface area contributed by atoms with Crippen LogP contribution in [0.1, 0.15) is 37.4 Å². The molecule has 2 rings (SSSR count). The van der Waals surface area contributed by atoms with E-state index in [1.165, 1.54) is 12.8 Å². The highest BCUT2D eigenvalue weighted by Crippen LogP contribution is 2.27. The number of aliphatic hydroxyl groups is 2. The van der Waals surface area contributed by atoms with E-state index in [0.717, 1.165) is 12.8 Å². The third-order valence-electron chi connectivity index (χ3n) is 4.03. The van der Waals surface area contributed by atoms with Crippen molar-refractivity contribution in [3.8, 4) is 0 Å². The Hall–Kier alpha value is -0.320. The zero-order valence-corrected chi connectivity index (χ0v) is 12.9. The van der Waals surface area contributed by atoms with Gasteiger partial charge in [-0.1, -0.05) is 36.0 Å². The van der Waals surface area contributed by atoms with Gasteiger partial charge in [-0.15, -0.1) is 0 Å². The number of halogens is 2. The zero-order chi connectivity index (χ0) is 14.5. The van der Waals surface area contributed by atoms with Crippen LogP contribution in [-0.4, -0.2) is 29.4 Å². The number of hydrogen-bond acceptors (Lipinski definition) is 3. The Morgan fingerprint density at radius 1 is 1.25 bits per heavy atom. The quantitative estimate of drug-likeness (QED) is 0.782. The number of nitrogens with one attached hydrogen (secondary N) is 1.